The van der Waals surface area contributed by atoms with Crippen molar-refractivity contribution in [2.45, 2.75) is 73.0 Å². The molecular formula is C30H35N13S2. The van der Waals surface area contributed by atoms with E-state index in [0.717, 1.165) is 36.3 Å². The number of rotatable bonds is 7. The van der Waals surface area contributed by atoms with Crippen LogP contribution in [0.1, 0.15) is 67.3 Å². The molecule has 15 heteroatoms. The summed E-state index contributed by atoms with van der Waals surface area (Å²) < 4.78 is 0. The smallest absolute Gasteiger partial charge is 0.221 e. The molecule has 0 radical (unpaired) electrons. The van der Waals surface area contributed by atoms with E-state index in [4.69, 9.17) is 22.9 Å². The lowest BCUT2D eigenvalue weighted by atomic mass is 9.97. The van der Waals surface area contributed by atoms with Crippen molar-refractivity contribution in [3.05, 3.63) is 64.5 Å². The number of nitrogen functional groups attached to an aromatic ring is 4. The van der Waals surface area contributed by atoms with Crippen molar-refractivity contribution in [1.82, 2.24) is 40.6 Å². The van der Waals surface area contributed by atoms with E-state index in [0.29, 0.717) is 34.9 Å². The van der Waals surface area contributed by atoms with Crippen molar-refractivity contribution in [3.8, 4) is 17.5 Å². The van der Waals surface area contributed by atoms with E-state index in [1.807, 2.05) is 19.9 Å². The molecule has 0 aliphatic rings. The van der Waals surface area contributed by atoms with Crippen LogP contribution in [0.25, 0.3) is 11.4 Å². The zero-order valence-electron chi connectivity index (χ0n) is 25.8. The average molecular weight is 642 g/mol. The van der Waals surface area contributed by atoms with E-state index < -0.39 is 0 Å². The number of nitrogens with one attached hydrogen (secondary N) is 1. The van der Waals surface area contributed by atoms with Crippen LogP contribution >= 0.6 is 23.5 Å². The maximum Gasteiger partial charge on any atom is 0.221 e. The minimum atomic E-state index is 0.155. The number of aromatic nitrogens is 8. The second-order valence-electron chi connectivity index (χ2n) is 10.7. The Morgan fingerprint density at radius 2 is 1.24 bits per heavy atom. The van der Waals surface area contributed by atoms with Crippen LogP contribution in [-0.4, -0.2) is 40.6 Å². The Hall–Kier alpha value is -4.94. The number of hydrogen-bond donors (Lipinski definition) is 5. The Morgan fingerprint density at radius 1 is 0.733 bits per heavy atom. The average Bonchev–Trinajstić information content (AvgIpc) is 3.52. The number of aryl methyl sites for hydroxylation is 2. The van der Waals surface area contributed by atoms with Crippen LogP contribution in [0.2, 0.25) is 0 Å². The SMILES string of the molecule is Cc1cc(C(C)C)c(Sc2cnc(N)nc2N)cc1-c1nn[nH]n1.Cc1cc(C(C)C)c(Sc2cnc(N)nc2N)cc1C#N. The van der Waals surface area contributed by atoms with Gasteiger partial charge in [-0.25, -0.2) is 9.97 Å². The van der Waals surface area contributed by atoms with Crippen molar-refractivity contribution in [3.63, 3.8) is 0 Å². The maximum absolute atomic E-state index is 9.20. The van der Waals surface area contributed by atoms with Crippen LogP contribution in [0.15, 0.2) is 56.2 Å². The number of H-pyrrole nitrogens is 1. The number of nitrogens with zero attached hydrogens (tertiary/aromatic N) is 8. The summed E-state index contributed by atoms with van der Waals surface area (Å²) in [5.41, 5.74) is 29.0. The lowest BCUT2D eigenvalue weighted by molar-refractivity contribution is 0.839. The number of tetrazole rings is 1. The second kappa shape index (κ2) is 14.2. The highest BCUT2D eigenvalue weighted by Gasteiger charge is 2.17. The Labute approximate surface area is 270 Å². The van der Waals surface area contributed by atoms with Gasteiger partial charge in [0.05, 0.1) is 21.4 Å². The highest BCUT2D eigenvalue weighted by molar-refractivity contribution is 7.99. The molecule has 0 saturated carbocycles. The zero-order valence-corrected chi connectivity index (χ0v) is 27.5. The zero-order chi connectivity index (χ0) is 32.8. The van der Waals surface area contributed by atoms with E-state index >= 15 is 0 Å². The van der Waals surface area contributed by atoms with Gasteiger partial charge in [0.25, 0.3) is 0 Å². The molecule has 5 aromatic rings. The van der Waals surface area contributed by atoms with Gasteiger partial charge in [-0.3, -0.25) is 0 Å². The van der Waals surface area contributed by atoms with E-state index in [2.05, 4.69) is 92.5 Å². The molecule has 0 fully saturated rings. The molecule has 0 unspecified atom stereocenters. The summed E-state index contributed by atoms with van der Waals surface area (Å²) in [6.07, 6.45) is 3.25. The van der Waals surface area contributed by atoms with Crippen LogP contribution in [-0.2, 0) is 0 Å². The predicted octanol–water partition coefficient (Wildman–Crippen LogP) is 5.50. The summed E-state index contributed by atoms with van der Waals surface area (Å²) in [5, 5.41) is 23.5. The van der Waals surface area contributed by atoms with Crippen LogP contribution in [0.4, 0.5) is 23.5 Å². The monoisotopic (exact) mass is 641 g/mol. The predicted molar refractivity (Wildman–Crippen MR) is 178 cm³/mol. The largest absolute Gasteiger partial charge is 0.383 e. The van der Waals surface area contributed by atoms with E-state index in [9.17, 15) is 5.26 Å². The van der Waals surface area contributed by atoms with Gasteiger partial charge >= 0.3 is 0 Å². The number of nitrogens with two attached hydrogens (primary N) is 4. The number of aromatic amines is 1. The minimum Gasteiger partial charge on any atom is -0.383 e. The number of nitriles is 1. The third kappa shape index (κ3) is 7.97. The van der Waals surface area contributed by atoms with Crippen molar-refractivity contribution >= 4 is 47.1 Å². The molecule has 2 aromatic carbocycles. The van der Waals surface area contributed by atoms with Crippen molar-refractivity contribution in [1.29, 1.82) is 5.26 Å². The van der Waals surface area contributed by atoms with Crippen LogP contribution in [0.5, 0.6) is 0 Å². The normalized spacial score (nSPS) is 10.9. The molecule has 0 amide bonds. The van der Waals surface area contributed by atoms with Crippen LogP contribution in [0, 0.1) is 25.2 Å². The molecular weight excluding hydrogens is 607 g/mol. The third-order valence-electron chi connectivity index (χ3n) is 6.71. The Balaban J connectivity index is 0.000000207. The molecule has 0 saturated heterocycles. The molecule has 232 valence electrons. The standard InChI is InChI=1S/C15H18N8S.C15H17N5S/c1-7(2)9-4-8(3)10(14-20-22-23-21-14)5-11(9)24-12-6-18-15(17)19-13(12)16;1-8(2)11-4-9(3)10(6-16)5-12(11)21-13-7-19-15(18)20-14(13)17/h4-7H,1-3H3,(H4,16,17,18,19)(H,20,21,22,23);4-5,7-8H,1-3H3,(H4,17,18,19,20). The van der Waals surface area contributed by atoms with Gasteiger partial charge in [-0.05, 0) is 65.3 Å². The van der Waals surface area contributed by atoms with Crippen molar-refractivity contribution in [2.75, 3.05) is 22.9 Å². The maximum atomic E-state index is 9.20. The first-order valence-corrected chi connectivity index (χ1v) is 15.6. The van der Waals surface area contributed by atoms with Gasteiger partial charge in [-0.15, -0.1) is 10.2 Å². The first kappa shape index (κ1) is 33.0. The molecule has 13 nitrogen and oxygen atoms in total. The van der Waals surface area contributed by atoms with Gasteiger partial charge in [-0.2, -0.15) is 20.4 Å². The fourth-order valence-corrected chi connectivity index (χ4v) is 6.49. The molecule has 0 spiro atoms. The third-order valence-corrected chi connectivity index (χ3v) is 8.92. The van der Waals surface area contributed by atoms with Crippen LogP contribution in [0.3, 0.4) is 0 Å². The van der Waals surface area contributed by atoms with E-state index in [1.165, 1.54) is 34.7 Å². The molecule has 3 heterocycles. The fraction of sp³-hybridized carbons (Fsp3) is 0.267. The lowest BCUT2D eigenvalue weighted by Crippen LogP contribution is -2.01. The summed E-state index contributed by atoms with van der Waals surface area (Å²) in [7, 11) is 0. The molecule has 9 N–H and O–H groups in total. The first-order chi connectivity index (χ1) is 21.4. The molecule has 5 rings (SSSR count). The van der Waals surface area contributed by atoms with Gasteiger partial charge in [0, 0.05) is 27.7 Å². The van der Waals surface area contributed by atoms with Crippen molar-refractivity contribution < 1.29 is 0 Å². The Kier molecular flexibility index (Phi) is 10.4. The summed E-state index contributed by atoms with van der Waals surface area (Å²) in [5.74, 6) is 2.28. The summed E-state index contributed by atoms with van der Waals surface area (Å²) in [6.45, 7) is 12.5. The molecule has 0 atom stereocenters. The van der Waals surface area contributed by atoms with Gasteiger partial charge in [0.2, 0.25) is 17.7 Å². The lowest BCUT2D eigenvalue weighted by Gasteiger charge is -2.16. The van der Waals surface area contributed by atoms with Gasteiger partial charge in [-0.1, -0.05) is 63.4 Å². The van der Waals surface area contributed by atoms with Crippen molar-refractivity contribution in [2.24, 2.45) is 0 Å². The molecule has 0 aliphatic carbocycles. The number of hydrogen-bond acceptors (Lipinski definition) is 14. The summed E-state index contributed by atoms with van der Waals surface area (Å²) in [4.78, 5) is 19.5. The molecule has 0 aliphatic heterocycles. The van der Waals surface area contributed by atoms with Gasteiger partial charge in [0.1, 0.15) is 11.6 Å². The topological polar surface area (TPSA) is 234 Å². The Bertz CT molecular complexity index is 1850. The highest BCUT2D eigenvalue weighted by Crippen LogP contribution is 2.40. The number of anilines is 4. The minimum absolute atomic E-state index is 0.155. The van der Waals surface area contributed by atoms with Crippen LogP contribution < -0.4 is 22.9 Å². The fourth-order valence-electron chi connectivity index (χ4n) is 4.33. The quantitative estimate of drug-likeness (QED) is 0.148. The summed E-state index contributed by atoms with van der Waals surface area (Å²) in [6, 6.07) is 10.4. The summed E-state index contributed by atoms with van der Waals surface area (Å²) >= 11 is 2.97. The Morgan fingerprint density at radius 3 is 1.69 bits per heavy atom. The second-order valence-corrected chi connectivity index (χ2v) is 12.9. The van der Waals surface area contributed by atoms with E-state index in [1.54, 1.807) is 12.4 Å². The van der Waals surface area contributed by atoms with E-state index in [-0.39, 0.29) is 11.9 Å². The van der Waals surface area contributed by atoms with Gasteiger partial charge in [0.15, 0.2) is 0 Å². The molecule has 0 bridgehead atoms. The highest BCUT2D eigenvalue weighted by atomic mass is 32.2. The molecule has 45 heavy (non-hydrogen) atoms. The molecule has 3 aromatic heterocycles. The number of benzene rings is 2. The van der Waals surface area contributed by atoms with Gasteiger partial charge < -0.3 is 22.9 Å². The first-order valence-electron chi connectivity index (χ1n) is 13.9.